The lowest BCUT2D eigenvalue weighted by molar-refractivity contribution is 0.0599. The summed E-state index contributed by atoms with van der Waals surface area (Å²) in [6.45, 7) is 0. The monoisotopic (exact) mass is 225 g/mol. The van der Waals surface area contributed by atoms with E-state index < -0.39 is 5.97 Å². The fourth-order valence-corrected chi connectivity index (χ4v) is 1.23. The molecule has 0 heterocycles. The second kappa shape index (κ2) is 5.25. The average Bonchev–Trinajstić information content (AvgIpc) is 2.35. The van der Waals surface area contributed by atoms with Gasteiger partial charge in [0.05, 0.1) is 34.0 Å². The van der Waals surface area contributed by atoms with Crippen LogP contribution in [0.4, 0.5) is 0 Å². The van der Waals surface area contributed by atoms with E-state index in [1.165, 1.54) is 34.5 Å². The molecule has 0 saturated carbocycles. The van der Waals surface area contributed by atoms with E-state index in [2.05, 4.69) is 10.8 Å². The van der Waals surface area contributed by atoms with Crippen LogP contribution in [0.1, 0.15) is 10.4 Å². The molecule has 0 atom stereocenters. The Morgan fingerprint density at radius 3 is 2.25 bits per heavy atom. The molecule has 1 aromatic carbocycles. The standard InChI is InChI=1S/C11H13O5/c1-13-8-5-7(11(12)16-4)6-9(14-2)10(8)15-3/h5H,1-4H3. The van der Waals surface area contributed by atoms with Crippen LogP contribution in [-0.2, 0) is 4.74 Å². The largest absolute Gasteiger partial charge is 0.493 e. The summed E-state index contributed by atoms with van der Waals surface area (Å²) < 4.78 is 19.8. The Morgan fingerprint density at radius 1 is 1.12 bits per heavy atom. The summed E-state index contributed by atoms with van der Waals surface area (Å²) in [5.41, 5.74) is 0.219. The molecule has 1 radical (unpaired) electrons. The molecule has 87 valence electrons. The van der Waals surface area contributed by atoms with Crippen molar-refractivity contribution in [1.29, 1.82) is 0 Å². The van der Waals surface area contributed by atoms with Crippen LogP contribution < -0.4 is 14.2 Å². The first-order valence-electron chi connectivity index (χ1n) is 4.48. The third-order valence-electron chi connectivity index (χ3n) is 1.99. The minimum absolute atomic E-state index is 0.219. The molecule has 0 fully saturated rings. The molecule has 0 aromatic heterocycles. The van der Waals surface area contributed by atoms with E-state index in [1.807, 2.05) is 0 Å². The Kier molecular flexibility index (Phi) is 3.99. The van der Waals surface area contributed by atoms with Crippen LogP contribution in [0, 0.1) is 6.07 Å². The predicted octanol–water partition coefficient (Wildman–Crippen LogP) is 1.30. The molecule has 0 amide bonds. The van der Waals surface area contributed by atoms with Gasteiger partial charge in [0.1, 0.15) is 0 Å². The summed E-state index contributed by atoms with van der Waals surface area (Å²) in [4.78, 5) is 11.3. The fourth-order valence-electron chi connectivity index (χ4n) is 1.23. The van der Waals surface area contributed by atoms with E-state index in [1.54, 1.807) is 0 Å². The Morgan fingerprint density at radius 2 is 1.81 bits per heavy atom. The van der Waals surface area contributed by atoms with Crippen LogP contribution in [0.5, 0.6) is 17.2 Å². The second-order valence-corrected chi connectivity index (χ2v) is 2.81. The molecule has 5 nitrogen and oxygen atoms in total. The SMILES string of the molecule is COC(=O)c1[c]c(OC)c(OC)c(OC)c1. The molecule has 1 rings (SSSR count). The fraction of sp³-hybridized carbons (Fsp3) is 0.364. The van der Waals surface area contributed by atoms with Gasteiger partial charge in [0, 0.05) is 6.07 Å². The van der Waals surface area contributed by atoms with Crippen molar-refractivity contribution in [3.63, 3.8) is 0 Å². The van der Waals surface area contributed by atoms with Gasteiger partial charge in [-0.25, -0.2) is 4.79 Å². The molecule has 0 aliphatic heterocycles. The van der Waals surface area contributed by atoms with Crippen molar-refractivity contribution in [1.82, 2.24) is 0 Å². The smallest absolute Gasteiger partial charge is 0.338 e. The molecule has 0 unspecified atom stereocenters. The first-order chi connectivity index (χ1) is 7.67. The van der Waals surface area contributed by atoms with E-state index >= 15 is 0 Å². The molecule has 0 bridgehead atoms. The Hall–Kier alpha value is -1.91. The van der Waals surface area contributed by atoms with Crippen molar-refractivity contribution in [2.75, 3.05) is 28.4 Å². The number of esters is 1. The van der Waals surface area contributed by atoms with Gasteiger partial charge in [0.25, 0.3) is 0 Å². The molecule has 0 aliphatic carbocycles. The zero-order valence-electron chi connectivity index (χ0n) is 9.62. The highest BCUT2D eigenvalue weighted by molar-refractivity contribution is 5.90. The number of ether oxygens (including phenoxy) is 4. The lowest BCUT2D eigenvalue weighted by Crippen LogP contribution is -2.04. The molecule has 0 saturated heterocycles. The number of methoxy groups -OCH3 is 4. The normalized spacial score (nSPS) is 9.50. The first-order valence-corrected chi connectivity index (χ1v) is 4.48. The predicted molar refractivity (Wildman–Crippen MR) is 56.3 cm³/mol. The van der Waals surface area contributed by atoms with Crippen LogP contribution in [0.2, 0.25) is 0 Å². The maximum Gasteiger partial charge on any atom is 0.338 e. The number of rotatable bonds is 4. The summed E-state index contributed by atoms with van der Waals surface area (Å²) in [6, 6.07) is 4.22. The van der Waals surface area contributed by atoms with Crippen molar-refractivity contribution in [2.24, 2.45) is 0 Å². The quantitative estimate of drug-likeness (QED) is 0.723. The maximum atomic E-state index is 11.3. The lowest BCUT2D eigenvalue weighted by atomic mass is 10.2. The molecule has 16 heavy (non-hydrogen) atoms. The van der Waals surface area contributed by atoms with Gasteiger partial charge in [-0.3, -0.25) is 0 Å². The minimum atomic E-state index is -0.515. The maximum absolute atomic E-state index is 11.3. The summed E-state index contributed by atoms with van der Waals surface area (Å²) >= 11 is 0. The highest BCUT2D eigenvalue weighted by atomic mass is 16.5. The number of carbonyl (C=O) groups excluding carboxylic acids is 1. The van der Waals surface area contributed by atoms with E-state index in [-0.39, 0.29) is 5.56 Å². The Labute approximate surface area is 93.9 Å². The lowest BCUT2D eigenvalue weighted by Gasteiger charge is -2.12. The van der Waals surface area contributed by atoms with Gasteiger partial charge in [-0.2, -0.15) is 0 Å². The zero-order chi connectivity index (χ0) is 12.1. The first kappa shape index (κ1) is 12.2. The Bertz CT molecular complexity index is 361. The highest BCUT2D eigenvalue weighted by Crippen LogP contribution is 2.37. The molecule has 5 heteroatoms. The van der Waals surface area contributed by atoms with Crippen LogP contribution >= 0.6 is 0 Å². The number of carbonyl (C=O) groups is 1. The second-order valence-electron chi connectivity index (χ2n) is 2.81. The summed E-state index contributed by atoms with van der Waals surface area (Å²) in [5.74, 6) is 0.553. The number of hydrogen-bond acceptors (Lipinski definition) is 5. The molecule has 0 aliphatic rings. The molecule has 0 spiro atoms. The van der Waals surface area contributed by atoms with Crippen molar-refractivity contribution in [3.05, 3.63) is 17.7 Å². The van der Waals surface area contributed by atoms with Crippen molar-refractivity contribution < 1.29 is 23.7 Å². The van der Waals surface area contributed by atoms with E-state index in [0.717, 1.165) is 0 Å². The van der Waals surface area contributed by atoms with Crippen LogP contribution in [-0.4, -0.2) is 34.4 Å². The van der Waals surface area contributed by atoms with Gasteiger partial charge < -0.3 is 18.9 Å². The summed E-state index contributed by atoms with van der Waals surface area (Å²) in [6.07, 6.45) is 0. The third-order valence-corrected chi connectivity index (χ3v) is 1.99. The topological polar surface area (TPSA) is 54.0 Å². The van der Waals surface area contributed by atoms with Crippen LogP contribution in [0.25, 0.3) is 0 Å². The van der Waals surface area contributed by atoms with Crippen LogP contribution in [0.15, 0.2) is 6.07 Å². The third kappa shape index (κ3) is 2.18. The minimum Gasteiger partial charge on any atom is -0.493 e. The highest BCUT2D eigenvalue weighted by Gasteiger charge is 2.17. The van der Waals surface area contributed by atoms with Crippen molar-refractivity contribution in [3.8, 4) is 17.2 Å². The van der Waals surface area contributed by atoms with Crippen molar-refractivity contribution >= 4 is 5.97 Å². The van der Waals surface area contributed by atoms with Gasteiger partial charge in [-0.1, -0.05) is 0 Å². The average molecular weight is 225 g/mol. The van der Waals surface area contributed by atoms with Gasteiger partial charge in [-0.05, 0) is 6.07 Å². The van der Waals surface area contributed by atoms with Gasteiger partial charge >= 0.3 is 5.97 Å². The summed E-state index contributed by atoms with van der Waals surface area (Å²) in [7, 11) is 5.69. The molecule has 0 N–H and O–H groups in total. The van der Waals surface area contributed by atoms with E-state index in [9.17, 15) is 4.79 Å². The number of benzene rings is 1. The van der Waals surface area contributed by atoms with Crippen LogP contribution in [0.3, 0.4) is 0 Å². The van der Waals surface area contributed by atoms with Gasteiger partial charge in [0.2, 0.25) is 5.75 Å². The Balaban J connectivity index is 3.31. The van der Waals surface area contributed by atoms with Gasteiger partial charge in [0.15, 0.2) is 11.5 Å². The molecule has 1 aromatic rings. The zero-order valence-corrected chi connectivity index (χ0v) is 9.62. The molecular formula is C11H13O5. The number of hydrogen-bond donors (Lipinski definition) is 0. The van der Waals surface area contributed by atoms with Gasteiger partial charge in [-0.15, -0.1) is 0 Å². The van der Waals surface area contributed by atoms with Crippen molar-refractivity contribution in [2.45, 2.75) is 0 Å². The van der Waals surface area contributed by atoms with E-state index in [4.69, 9.17) is 14.2 Å². The van der Waals surface area contributed by atoms with E-state index in [0.29, 0.717) is 17.2 Å². The summed E-state index contributed by atoms with van der Waals surface area (Å²) in [5, 5.41) is 0. The molecular weight excluding hydrogens is 212 g/mol.